The maximum absolute atomic E-state index is 5.85. The highest BCUT2D eigenvalue weighted by molar-refractivity contribution is 9.10. The standard InChI is InChI=1S/C16H16BrClO2/c1-19-15-10-13(11-18)9-14(17)16(15)20-8-7-12-5-3-2-4-6-12/h2-6,9-10H,7-8,11H2,1H3. The van der Waals surface area contributed by atoms with Crippen molar-refractivity contribution in [3.63, 3.8) is 0 Å². The molecule has 0 bridgehead atoms. The van der Waals surface area contributed by atoms with E-state index in [1.54, 1.807) is 7.11 Å². The quantitative estimate of drug-likeness (QED) is 0.692. The average molecular weight is 356 g/mol. The van der Waals surface area contributed by atoms with Gasteiger partial charge < -0.3 is 9.47 Å². The highest BCUT2D eigenvalue weighted by Crippen LogP contribution is 2.37. The van der Waals surface area contributed by atoms with Crippen LogP contribution in [-0.4, -0.2) is 13.7 Å². The molecule has 0 aliphatic heterocycles. The lowest BCUT2D eigenvalue weighted by Crippen LogP contribution is -2.03. The van der Waals surface area contributed by atoms with Gasteiger partial charge in [-0.25, -0.2) is 0 Å². The molecule has 0 saturated heterocycles. The normalized spacial score (nSPS) is 10.3. The van der Waals surface area contributed by atoms with E-state index in [4.69, 9.17) is 21.1 Å². The van der Waals surface area contributed by atoms with Crippen LogP contribution in [-0.2, 0) is 12.3 Å². The number of rotatable bonds is 6. The number of benzene rings is 2. The summed E-state index contributed by atoms with van der Waals surface area (Å²) < 4.78 is 12.1. The Hall–Kier alpha value is -1.19. The van der Waals surface area contributed by atoms with Crippen LogP contribution >= 0.6 is 27.5 Å². The predicted octanol–water partition coefficient (Wildman–Crippen LogP) is 4.82. The van der Waals surface area contributed by atoms with Gasteiger partial charge in [0.2, 0.25) is 0 Å². The summed E-state index contributed by atoms with van der Waals surface area (Å²) in [4.78, 5) is 0. The van der Waals surface area contributed by atoms with Crippen molar-refractivity contribution in [3.05, 3.63) is 58.1 Å². The second-order valence-electron chi connectivity index (χ2n) is 4.33. The van der Waals surface area contributed by atoms with Crippen LogP contribution in [0.1, 0.15) is 11.1 Å². The Morgan fingerprint density at radius 2 is 1.85 bits per heavy atom. The fourth-order valence-corrected chi connectivity index (χ4v) is 2.66. The fraction of sp³-hybridized carbons (Fsp3) is 0.250. The van der Waals surface area contributed by atoms with Gasteiger partial charge in [-0.15, -0.1) is 11.6 Å². The molecule has 20 heavy (non-hydrogen) atoms. The van der Waals surface area contributed by atoms with Gasteiger partial charge >= 0.3 is 0 Å². The third-order valence-corrected chi connectivity index (χ3v) is 3.82. The van der Waals surface area contributed by atoms with E-state index < -0.39 is 0 Å². The molecular weight excluding hydrogens is 340 g/mol. The molecule has 0 unspecified atom stereocenters. The lowest BCUT2D eigenvalue weighted by molar-refractivity contribution is 0.295. The van der Waals surface area contributed by atoms with Crippen LogP contribution in [0.4, 0.5) is 0 Å². The third kappa shape index (κ3) is 3.90. The molecule has 0 saturated carbocycles. The molecule has 0 spiro atoms. The molecule has 0 fully saturated rings. The zero-order chi connectivity index (χ0) is 14.4. The molecule has 0 amide bonds. The minimum atomic E-state index is 0.444. The lowest BCUT2D eigenvalue weighted by Gasteiger charge is -2.14. The first-order chi connectivity index (χ1) is 9.74. The summed E-state index contributed by atoms with van der Waals surface area (Å²) >= 11 is 9.35. The Morgan fingerprint density at radius 1 is 1.10 bits per heavy atom. The Bertz CT molecular complexity index is 558. The summed E-state index contributed by atoms with van der Waals surface area (Å²) in [6.45, 7) is 0.596. The Balaban J connectivity index is 2.05. The van der Waals surface area contributed by atoms with Crippen LogP contribution in [0.25, 0.3) is 0 Å². The van der Waals surface area contributed by atoms with Gasteiger partial charge in [-0.05, 0) is 39.2 Å². The van der Waals surface area contributed by atoms with Crippen LogP contribution in [0.2, 0.25) is 0 Å². The van der Waals surface area contributed by atoms with Crippen molar-refractivity contribution in [2.75, 3.05) is 13.7 Å². The molecule has 2 aromatic rings. The Morgan fingerprint density at radius 3 is 2.50 bits per heavy atom. The molecule has 106 valence electrons. The van der Waals surface area contributed by atoms with Gasteiger partial charge in [-0.2, -0.15) is 0 Å². The number of ether oxygens (including phenoxy) is 2. The van der Waals surface area contributed by atoms with Gasteiger partial charge in [0.25, 0.3) is 0 Å². The molecule has 2 rings (SSSR count). The van der Waals surface area contributed by atoms with Crippen molar-refractivity contribution in [3.8, 4) is 11.5 Å². The molecule has 0 aliphatic carbocycles. The SMILES string of the molecule is COc1cc(CCl)cc(Br)c1OCCc1ccccc1. The van der Waals surface area contributed by atoms with Gasteiger partial charge in [0.1, 0.15) is 0 Å². The topological polar surface area (TPSA) is 18.5 Å². The molecule has 0 radical (unpaired) electrons. The van der Waals surface area contributed by atoms with Crippen LogP contribution < -0.4 is 9.47 Å². The molecule has 0 atom stereocenters. The maximum atomic E-state index is 5.85. The van der Waals surface area contributed by atoms with Crippen LogP contribution in [0.15, 0.2) is 46.9 Å². The van der Waals surface area contributed by atoms with E-state index in [0.29, 0.717) is 18.2 Å². The molecule has 0 aliphatic rings. The molecule has 2 aromatic carbocycles. The third-order valence-electron chi connectivity index (χ3n) is 2.92. The number of halogens is 2. The van der Waals surface area contributed by atoms with Gasteiger partial charge in [-0.1, -0.05) is 30.3 Å². The van der Waals surface area contributed by atoms with Crippen molar-refractivity contribution < 1.29 is 9.47 Å². The van der Waals surface area contributed by atoms with Gasteiger partial charge in [0.05, 0.1) is 18.2 Å². The number of hydrogen-bond donors (Lipinski definition) is 0. The van der Waals surface area contributed by atoms with E-state index in [2.05, 4.69) is 28.1 Å². The molecule has 0 aromatic heterocycles. The summed E-state index contributed by atoms with van der Waals surface area (Å²) in [7, 11) is 1.63. The zero-order valence-electron chi connectivity index (χ0n) is 11.2. The minimum absolute atomic E-state index is 0.444. The smallest absolute Gasteiger partial charge is 0.175 e. The number of alkyl halides is 1. The molecule has 0 heterocycles. The summed E-state index contributed by atoms with van der Waals surface area (Å²) in [5.74, 6) is 1.86. The monoisotopic (exact) mass is 354 g/mol. The Labute approximate surface area is 132 Å². The van der Waals surface area contributed by atoms with Crippen molar-refractivity contribution in [2.24, 2.45) is 0 Å². The number of hydrogen-bond acceptors (Lipinski definition) is 2. The second kappa shape index (κ2) is 7.55. The molecule has 0 N–H and O–H groups in total. The molecule has 4 heteroatoms. The summed E-state index contributed by atoms with van der Waals surface area (Å²) in [6, 6.07) is 14.1. The van der Waals surface area contributed by atoms with Crippen LogP contribution in [0.3, 0.4) is 0 Å². The van der Waals surface area contributed by atoms with E-state index in [1.165, 1.54) is 5.56 Å². The first-order valence-corrected chi connectivity index (χ1v) is 7.66. The van der Waals surface area contributed by atoms with Crippen molar-refractivity contribution in [2.45, 2.75) is 12.3 Å². The zero-order valence-corrected chi connectivity index (χ0v) is 13.6. The van der Waals surface area contributed by atoms with Crippen LogP contribution in [0, 0.1) is 0 Å². The maximum Gasteiger partial charge on any atom is 0.175 e. The summed E-state index contributed by atoms with van der Waals surface area (Å²) in [6.07, 6.45) is 0.855. The molecule has 2 nitrogen and oxygen atoms in total. The summed E-state index contributed by atoms with van der Waals surface area (Å²) in [5.41, 5.74) is 2.24. The largest absolute Gasteiger partial charge is 0.493 e. The first-order valence-electron chi connectivity index (χ1n) is 6.33. The van der Waals surface area contributed by atoms with Crippen molar-refractivity contribution >= 4 is 27.5 Å². The van der Waals surface area contributed by atoms with E-state index >= 15 is 0 Å². The summed E-state index contributed by atoms with van der Waals surface area (Å²) in [5, 5.41) is 0. The van der Waals surface area contributed by atoms with Crippen molar-refractivity contribution in [1.82, 2.24) is 0 Å². The highest BCUT2D eigenvalue weighted by atomic mass is 79.9. The van der Waals surface area contributed by atoms with Crippen molar-refractivity contribution in [1.29, 1.82) is 0 Å². The highest BCUT2D eigenvalue weighted by Gasteiger charge is 2.11. The Kier molecular flexibility index (Phi) is 5.74. The average Bonchev–Trinajstić information content (AvgIpc) is 2.49. The van der Waals surface area contributed by atoms with E-state index in [-0.39, 0.29) is 0 Å². The molecular formula is C16H16BrClO2. The fourth-order valence-electron chi connectivity index (χ4n) is 1.91. The van der Waals surface area contributed by atoms with E-state index in [0.717, 1.165) is 22.2 Å². The van der Waals surface area contributed by atoms with Gasteiger partial charge in [0, 0.05) is 12.3 Å². The predicted molar refractivity (Wildman–Crippen MR) is 85.9 cm³/mol. The van der Waals surface area contributed by atoms with E-state index in [9.17, 15) is 0 Å². The number of methoxy groups -OCH3 is 1. The minimum Gasteiger partial charge on any atom is -0.493 e. The second-order valence-corrected chi connectivity index (χ2v) is 5.45. The lowest BCUT2D eigenvalue weighted by atomic mass is 10.2. The van der Waals surface area contributed by atoms with Gasteiger partial charge in [-0.3, -0.25) is 0 Å². The van der Waals surface area contributed by atoms with Gasteiger partial charge in [0.15, 0.2) is 11.5 Å². The van der Waals surface area contributed by atoms with E-state index in [1.807, 2.05) is 30.3 Å². The van der Waals surface area contributed by atoms with Crippen LogP contribution in [0.5, 0.6) is 11.5 Å². The first kappa shape index (κ1) is 15.2.